The largest absolute Gasteiger partial charge is 0.456 e. The van der Waals surface area contributed by atoms with E-state index in [-0.39, 0.29) is 0 Å². The van der Waals surface area contributed by atoms with Gasteiger partial charge in [0, 0.05) is 22.5 Å². The van der Waals surface area contributed by atoms with Crippen molar-refractivity contribution in [2.24, 2.45) is 0 Å². The van der Waals surface area contributed by atoms with Crippen molar-refractivity contribution >= 4 is 21.9 Å². The summed E-state index contributed by atoms with van der Waals surface area (Å²) < 4.78 is 6.11. The molecule has 0 atom stereocenters. The van der Waals surface area contributed by atoms with Gasteiger partial charge < -0.3 is 4.42 Å². The normalized spacial score (nSPS) is 11.4. The molecule has 28 heavy (non-hydrogen) atoms. The third-order valence-electron chi connectivity index (χ3n) is 5.27. The Hall–Kier alpha value is -3.39. The van der Waals surface area contributed by atoms with E-state index in [4.69, 9.17) is 4.42 Å². The maximum atomic E-state index is 6.11. The zero-order chi connectivity index (χ0) is 19.1. The first-order chi connectivity index (χ1) is 13.7. The maximum Gasteiger partial charge on any atom is 0.138 e. The number of pyridine rings is 1. The summed E-state index contributed by atoms with van der Waals surface area (Å²) in [5.41, 5.74) is 9.01. The summed E-state index contributed by atoms with van der Waals surface area (Å²) in [7, 11) is 0. The lowest BCUT2D eigenvalue weighted by Gasteiger charge is -2.06. The first-order valence-corrected chi connectivity index (χ1v) is 9.60. The highest BCUT2D eigenvalue weighted by molar-refractivity contribution is 6.07. The molecule has 0 saturated carbocycles. The Morgan fingerprint density at radius 1 is 0.786 bits per heavy atom. The van der Waals surface area contributed by atoms with Crippen molar-refractivity contribution < 1.29 is 4.42 Å². The van der Waals surface area contributed by atoms with Gasteiger partial charge in [-0.2, -0.15) is 0 Å². The van der Waals surface area contributed by atoms with E-state index in [0.717, 1.165) is 34.2 Å². The molecule has 5 aromatic rings. The molecule has 0 saturated heterocycles. The second kappa shape index (κ2) is 6.65. The molecule has 0 bridgehead atoms. The summed E-state index contributed by atoms with van der Waals surface area (Å²) in [5.74, 6) is 0. The van der Waals surface area contributed by atoms with E-state index in [9.17, 15) is 0 Å². The fourth-order valence-corrected chi connectivity index (χ4v) is 3.96. The van der Waals surface area contributed by atoms with E-state index in [0.29, 0.717) is 0 Å². The summed E-state index contributed by atoms with van der Waals surface area (Å²) in [6.45, 7) is 4.23. The van der Waals surface area contributed by atoms with Gasteiger partial charge in [-0.25, -0.2) is 0 Å². The van der Waals surface area contributed by atoms with Gasteiger partial charge in [-0.1, -0.05) is 36.4 Å². The predicted octanol–water partition coefficient (Wildman–Crippen LogP) is 6.86. The summed E-state index contributed by atoms with van der Waals surface area (Å²) in [4.78, 5) is 4.63. The molecule has 2 aromatic heterocycles. The van der Waals surface area contributed by atoms with Gasteiger partial charge in [-0.3, -0.25) is 4.98 Å². The van der Waals surface area contributed by atoms with Crippen LogP contribution in [-0.2, 0) is 6.42 Å². The van der Waals surface area contributed by atoms with Crippen LogP contribution in [0.25, 0.3) is 33.2 Å². The van der Waals surface area contributed by atoms with E-state index >= 15 is 0 Å². The van der Waals surface area contributed by atoms with E-state index in [1.54, 1.807) is 0 Å². The van der Waals surface area contributed by atoms with Crippen LogP contribution in [0.15, 0.2) is 83.4 Å². The Kier molecular flexibility index (Phi) is 3.98. The van der Waals surface area contributed by atoms with E-state index in [2.05, 4.69) is 91.6 Å². The lowest BCUT2D eigenvalue weighted by Crippen LogP contribution is -1.91. The van der Waals surface area contributed by atoms with Gasteiger partial charge in [-0.15, -0.1) is 0 Å². The van der Waals surface area contributed by atoms with Gasteiger partial charge >= 0.3 is 0 Å². The Bertz CT molecular complexity index is 1300. The highest BCUT2D eigenvalue weighted by Crippen LogP contribution is 2.34. The van der Waals surface area contributed by atoms with Gasteiger partial charge in [0.15, 0.2) is 0 Å². The summed E-state index contributed by atoms with van der Waals surface area (Å²) in [5, 5.41) is 2.32. The molecule has 0 radical (unpaired) electrons. The minimum atomic E-state index is 0.908. The van der Waals surface area contributed by atoms with Crippen molar-refractivity contribution in [3.8, 4) is 11.3 Å². The third-order valence-corrected chi connectivity index (χ3v) is 5.27. The second-order valence-electron chi connectivity index (χ2n) is 7.48. The average molecular weight is 363 g/mol. The van der Waals surface area contributed by atoms with Crippen LogP contribution in [0.3, 0.4) is 0 Å². The van der Waals surface area contributed by atoms with E-state index < -0.39 is 0 Å². The number of rotatable bonds is 3. The summed E-state index contributed by atoms with van der Waals surface area (Å²) in [6.07, 6.45) is 2.81. The molecule has 0 fully saturated rings. The minimum absolute atomic E-state index is 0.908. The topological polar surface area (TPSA) is 26.0 Å². The molecule has 0 spiro atoms. The molecule has 0 aliphatic carbocycles. The summed E-state index contributed by atoms with van der Waals surface area (Å²) in [6, 6.07) is 25.6. The first-order valence-electron chi connectivity index (χ1n) is 9.60. The third kappa shape index (κ3) is 2.97. The molecular formula is C26H21NO. The van der Waals surface area contributed by atoms with Crippen LogP contribution < -0.4 is 0 Å². The fourth-order valence-electron chi connectivity index (χ4n) is 3.96. The van der Waals surface area contributed by atoms with Crippen molar-refractivity contribution in [2.75, 3.05) is 0 Å². The molecule has 0 unspecified atom stereocenters. The number of aromatic nitrogens is 1. The van der Waals surface area contributed by atoms with Gasteiger partial charge in [0.25, 0.3) is 0 Å². The van der Waals surface area contributed by atoms with Crippen LogP contribution in [0.1, 0.15) is 22.3 Å². The number of fused-ring (bicyclic) bond motifs is 3. The predicted molar refractivity (Wildman–Crippen MR) is 116 cm³/mol. The monoisotopic (exact) mass is 363 g/mol. The molecule has 0 aliphatic heterocycles. The quantitative estimate of drug-likeness (QED) is 0.350. The highest BCUT2D eigenvalue weighted by Gasteiger charge is 2.11. The van der Waals surface area contributed by atoms with Crippen molar-refractivity contribution in [3.63, 3.8) is 0 Å². The van der Waals surface area contributed by atoms with Gasteiger partial charge in [0.05, 0.1) is 5.69 Å². The van der Waals surface area contributed by atoms with Crippen molar-refractivity contribution in [3.05, 3.63) is 101 Å². The molecule has 0 aliphatic rings. The standard InChI is InChI=1S/C26H21NO/c1-17-12-18(2)26-23(13-17)22-16-21(8-9-25(22)28-26)24-15-20(10-11-27-24)14-19-6-4-3-5-7-19/h3-13,15-16H,14H2,1-2H3. The average Bonchev–Trinajstić information content (AvgIpc) is 3.07. The highest BCUT2D eigenvalue weighted by atomic mass is 16.3. The van der Waals surface area contributed by atoms with Crippen LogP contribution in [0.5, 0.6) is 0 Å². The Balaban J connectivity index is 1.59. The zero-order valence-corrected chi connectivity index (χ0v) is 16.1. The minimum Gasteiger partial charge on any atom is -0.456 e. The second-order valence-corrected chi connectivity index (χ2v) is 7.48. The van der Waals surface area contributed by atoms with Crippen molar-refractivity contribution in [2.45, 2.75) is 20.3 Å². The van der Waals surface area contributed by atoms with Crippen LogP contribution in [0, 0.1) is 13.8 Å². The number of aryl methyl sites for hydroxylation is 2. The van der Waals surface area contributed by atoms with Crippen LogP contribution in [-0.4, -0.2) is 4.98 Å². The molecule has 2 heterocycles. The number of furan rings is 1. The van der Waals surface area contributed by atoms with Crippen molar-refractivity contribution in [1.29, 1.82) is 0 Å². The number of hydrogen-bond acceptors (Lipinski definition) is 2. The van der Waals surface area contributed by atoms with Crippen molar-refractivity contribution in [1.82, 2.24) is 4.98 Å². The van der Waals surface area contributed by atoms with Gasteiger partial charge in [0.1, 0.15) is 11.2 Å². The number of nitrogens with zero attached hydrogens (tertiary/aromatic N) is 1. The number of hydrogen-bond donors (Lipinski definition) is 0. The maximum absolute atomic E-state index is 6.11. The summed E-state index contributed by atoms with van der Waals surface area (Å²) >= 11 is 0. The fraction of sp³-hybridized carbons (Fsp3) is 0.115. The molecule has 2 heteroatoms. The van der Waals surface area contributed by atoms with Crippen LogP contribution >= 0.6 is 0 Å². The molecule has 5 rings (SSSR count). The zero-order valence-electron chi connectivity index (χ0n) is 16.1. The molecule has 0 N–H and O–H groups in total. The first kappa shape index (κ1) is 16.8. The number of benzene rings is 3. The lowest BCUT2D eigenvalue weighted by molar-refractivity contribution is 0.665. The Labute approximate surface area is 164 Å². The Morgan fingerprint density at radius 2 is 1.64 bits per heavy atom. The van der Waals surface area contributed by atoms with Gasteiger partial charge in [0.2, 0.25) is 0 Å². The Morgan fingerprint density at radius 3 is 2.50 bits per heavy atom. The SMILES string of the molecule is Cc1cc(C)c2oc3ccc(-c4cc(Cc5ccccc5)ccn4)cc3c2c1. The smallest absolute Gasteiger partial charge is 0.138 e. The molecule has 2 nitrogen and oxygen atoms in total. The van der Waals surface area contributed by atoms with E-state index in [1.165, 1.54) is 27.6 Å². The molecule has 0 amide bonds. The molecule has 136 valence electrons. The van der Waals surface area contributed by atoms with Gasteiger partial charge in [-0.05, 0) is 78.9 Å². The lowest BCUT2D eigenvalue weighted by atomic mass is 10.0. The van der Waals surface area contributed by atoms with Crippen LogP contribution in [0.2, 0.25) is 0 Å². The molecular weight excluding hydrogens is 342 g/mol. The van der Waals surface area contributed by atoms with Crippen LogP contribution in [0.4, 0.5) is 0 Å². The van der Waals surface area contributed by atoms with E-state index in [1.807, 2.05) is 6.20 Å². The molecule has 3 aromatic carbocycles.